The Bertz CT molecular complexity index is 1050. The van der Waals surface area contributed by atoms with E-state index in [2.05, 4.69) is 31.3 Å². The number of amides is 1. The highest BCUT2D eigenvalue weighted by atomic mass is 32.1. The molecular formula is C26H33N3O2S. The van der Waals surface area contributed by atoms with Gasteiger partial charge in [0.15, 0.2) is 0 Å². The van der Waals surface area contributed by atoms with E-state index in [-0.39, 0.29) is 24.2 Å². The van der Waals surface area contributed by atoms with Crippen LogP contribution in [0.15, 0.2) is 48.5 Å². The average Bonchev–Trinajstić information content (AvgIpc) is 3.20. The largest absolute Gasteiger partial charge is 0.352 e. The summed E-state index contributed by atoms with van der Waals surface area (Å²) in [5, 5.41) is 3.97. The van der Waals surface area contributed by atoms with Crippen molar-refractivity contribution < 1.29 is 9.59 Å². The van der Waals surface area contributed by atoms with Gasteiger partial charge in [0.2, 0.25) is 5.91 Å². The highest BCUT2D eigenvalue weighted by Crippen LogP contribution is 2.28. The van der Waals surface area contributed by atoms with E-state index in [9.17, 15) is 9.59 Å². The van der Waals surface area contributed by atoms with Gasteiger partial charge >= 0.3 is 0 Å². The van der Waals surface area contributed by atoms with Gasteiger partial charge in [0, 0.05) is 31.8 Å². The van der Waals surface area contributed by atoms with E-state index in [1.807, 2.05) is 43.3 Å². The maximum absolute atomic E-state index is 13.2. The molecule has 3 rings (SSSR count). The Labute approximate surface area is 194 Å². The van der Waals surface area contributed by atoms with Gasteiger partial charge in [-0.3, -0.25) is 9.59 Å². The Morgan fingerprint density at radius 2 is 1.84 bits per heavy atom. The normalized spacial score (nSPS) is 13.3. The highest BCUT2D eigenvalue weighted by molar-refractivity contribution is 7.18. The number of Topliss-reactive ketones (excluding diaryl/α,β-unsaturated/α-hetero) is 1. The molecular weight excluding hydrogens is 418 g/mol. The molecule has 0 aliphatic rings. The van der Waals surface area contributed by atoms with Crippen LogP contribution in [0, 0.1) is 5.92 Å². The van der Waals surface area contributed by atoms with E-state index in [0.717, 1.165) is 20.8 Å². The molecule has 3 N–H and O–H groups in total. The predicted molar refractivity (Wildman–Crippen MR) is 132 cm³/mol. The number of carbonyl (C=O) groups is 2. The number of nitrogens with zero attached hydrogens (tertiary/aromatic N) is 1. The molecule has 0 spiro atoms. The molecule has 0 aliphatic carbocycles. The molecule has 5 nitrogen and oxygen atoms in total. The van der Waals surface area contributed by atoms with Gasteiger partial charge in [0.05, 0.1) is 21.1 Å². The van der Waals surface area contributed by atoms with Gasteiger partial charge in [0.25, 0.3) is 0 Å². The van der Waals surface area contributed by atoms with E-state index in [1.54, 1.807) is 11.3 Å². The Hall–Kier alpha value is -2.57. The second-order valence-corrected chi connectivity index (χ2v) is 9.73. The molecule has 0 aliphatic heterocycles. The molecule has 0 saturated carbocycles. The number of thiazole rings is 1. The van der Waals surface area contributed by atoms with Gasteiger partial charge in [0.1, 0.15) is 5.78 Å². The van der Waals surface area contributed by atoms with Crippen molar-refractivity contribution in [1.82, 2.24) is 10.3 Å². The molecule has 2 atom stereocenters. The molecule has 1 amide bonds. The van der Waals surface area contributed by atoms with Gasteiger partial charge in [-0.2, -0.15) is 0 Å². The fourth-order valence-corrected chi connectivity index (χ4v) is 4.83. The Kier molecular flexibility index (Phi) is 8.53. The van der Waals surface area contributed by atoms with Crippen molar-refractivity contribution in [1.29, 1.82) is 0 Å². The third-order valence-electron chi connectivity index (χ3n) is 5.74. The van der Waals surface area contributed by atoms with Crippen LogP contribution in [0.1, 0.15) is 55.7 Å². The quantitative estimate of drug-likeness (QED) is 0.445. The molecule has 0 radical (unpaired) electrons. The van der Waals surface area contributed by atoms with Gasteiger partial charge in [-0.25, -0.2) is 4.98 Å². The summed E-state index contributed by atoms with van der Waals surface area (Å²) in [7, 11) is 0. The number of fused-ring (bicyclic) bond motifs is 1. The van der Waals surface area contributed by atoms with E-state index in [1.165, 1.54) is 5.56 Å². The lowest BCUT2D eigenvalue weighted by atomic mass is 9.96. The Morgan fingerprint density at radius 3 is 2.50 bits per heavy atom. The van der Waals surface area contributed by atoms with Gasteiger partial charge in [-0.1, -0.05) is 57.2 Å². The summed E-state index contributed by atoms with van der Waals surface area (Å²) in [5.74, 6) is -0.0399. The van der Waals surface area contributed by atoms with Crippen molar-refractivity contribution in [2.45, 2.75) is 58.4 Å². The second-order valence-electron chi connectivity index (χ2n) is 8.62. The van der Waals surface area contributed by atoms with Crippen LogP contribution in [0.5, 0.6) is 0 Å². The molecule has 1 heterocycles. The SMILES string of the molecule is CCC(=O)CC(Cc1nc2ccc(C(C)C)cc2s1)C(=O)N[C@H](CN)Cc1ccccc1. The summed E-state index contributed by atoms with van der Waals surface area (Å²) in [6.07, 6.45) is 1.76. The van der Waals surface area contributed by atoms with Gasteiger partial charge in [-0.15, -0.1) is 11.3 Å². The standard InChI is InChI=1S/C26H33N3O2S/c1-4-22(30)13-20(26(31)28-21(16-27)12-18-8-6-5-7-9-18)15-25-29-23-11-10-19(17(2)3)14-24(23)32-25/h5-11,14,17,20-21H,4,12-13,15-16,27H2,1-3H3,(H,28,31)/t20?,21-/m0/s1. The number of ketones is 1. The lowest BCUT2D eigenvalue weighted by molar-refractivity contribution is -0.129. The van der Waals surface area contributed by atoms with Crippen molar-refractivity contribution >= 4 is 33.2 Å². The van der Waals surface area contributed by atoms with Crippen molar-refractivity contribution in [3.8, 4) is 0 Å². The van der Waals surface area contributed by atoms with Crippen LogP contribution in [-0.2, 0) is 22.4 Å². The third-order valence-corrected chi connectivity index (χ3v) is 6.78. The minimum Gasteiger partial charge on any atom is -0.352 e. The van der Waals surface area contributed by atoms with Crippen LogP contribution in [0.2, 0.25) is 0 Å². The number of hydrogen-bond acceptors (Lipinski definition) is 5. The van der Waals surface area contributed by atoms with E-state index in [4.69, 9.17) is 10.7 Å². The lowest BCUT2D eigenvalue weighted by Gasteiger charge is -2.21. The minimum absolute atomic E-state index is 0.0840. The summed E-state index contributed by atoms with van der Waals surface area (Å²) >= 11 is 1.61. The molecule has 0 saturated heterocycles. The van der Waals surface area contributed by atoms with Crippen molar-refractivity contribution in [2.75, 3.05) is 6.54 Å². The first-order valence-electron chi connectivity index (χ1n) is 11.3. The highest BCUT2D eigenvalue weighted by Gasteiger charge is 2.25. The number of aromatic nitrogens is 1. The van der Waals surface area contributed by atoms with Gasteiger partial charge in [-0.05, 0) is 35.6 Å². The average molecular weight is 452 g/mol. The fraction of sp³-hybridized carbons (Fsp3) is 0.423. The summed E-state index contributed by atoms with van der Waals surface area (Å²) in [5.41, 5.74) is 9.29. The van der Waals surface area contributed by atoms with E-state index in [0.29, 0.717) is 31.7 Å². The summed E-state index contributed by atoms with van der Waals surface area (Å²) in [4.78, 5) is 30.1. The van der Waals surface area contributed by atoms with Crippen LogP contribution in [-0.4, -0.2) is 29.3 Å². The summed E-state index contributed by atoms with van der Waals surface area (Å²) < 4.78 is 1.12. The zero-order valence-corrected chi connectivity index (χ0v) is 20.0. The third kappa shape index (κ3) is 6.47. The van der Waals surface area contributed by atoms with Gasteiger partial charge < -0.3 is 11.1 Å². The second kappa shape index (κ2) is 11.3. The number of nitrogens with two attached hydrogens (primary N) is 1. The first-order valence-corrected chi connectivity index (χ1v) is 12.2. The maximum Gasteiger partial charge on any atom is 0.224 e. The number of benzene rings is 2. The summed E-state index contributed by atoms with van der Waals surface area (Å²) in [6, 6.07) is 16.1. The van der Waals surface area contributed by atoms with Crippen LogP contribution in [0.4, 0.5) is 0 Å². The first kappa shape index (κ1) is 24.1. The fourth-order valence-electron chi connectivity index (χ4n) is 3.73. The predicted octanol–water partition coefficient (Wildman–Crippen LogP) is 4.63. The topological polar surface area (TPSA) is 85.1 Å². The van der Waals surface area contributed by atoms with Crippen LogP contribution >= 0.6 is 11.3 Å². The van der Waals surface area contributed by atoms with Crippen LogP contribution in [0.3, 0.4) is 0 Å². The van der Waals surface area contributed by atoms with Crippen molar-refractivity contribution in [3.63, 3.8) is 0 Å². The maximum atomic E-state index is 13.2. The van der Waals surface area contributed by atoms with E-state index >= 15 is 0 Å². The molecule has 170 valence electrons. The number of carbonyl (C=O) groups excluding carboxylic acids is 2. The molecule has 1 aromatic heterocycles. The molecule has 1 unspecified atom stereocenters. The molecule has 32 heavy (non-hydrogen) atoms. The van der Waals surface area contributed by atoms with E-state index < -0.39 is 5.92 Å². The number of rotatable bonds is 11. The van der Waals surface area contributed by atoms with Crippen LogP contribution in [0.25, 0.3) is 10.2 Å². The van der Waals surface area contributed by atoms with Crippen molar-refractivity contribution in [2.24, 2.45) is 11.7 Å². The monoisotopic (exact) mass is 451 g/mol. The number of hydrogen-bond donors (Lipinski definition) is 2. The molecule has 6 heteroatoms. The lowest BCUT2D eigenvalue weighted by Crippen LogP contribution is -2.45. The summed E-state index contributed by atoms with van der Waals surface area (Å²) in [6.45, 7) is 6.51. The Balaban J connectivity index is 1.75. The zero-order valence-electron chi connectivity index (χ0n) is 19.1. The molecule has 2 aromatic carbocycles. The molecule has 3 aromatic rings. The molecule has 0 fully saturated rings. The zero-order chi connectivity index (χ0) is 23.1. The molecule has 0 bridgehead atoms. The number of nitrogens with one attached hydrogen (secondary N) is 1. The smallest absolute Gasteiger partial charge is 0.224 e. The van der Waals surface area contributed by atoms with Crippen LogP contribution < -0.4 is 11.1 Å². The van der Waals surface area contributed by atoms with Crippen molar-refractivity contribution in [3.05, 3.63) is 64.7 Å². The first-order chi connectivity index (χ1) is 15.4. The Morgan fingerprint density at radius 1 is 1.09 bits per heavy atom. The minimum atomic E-state index is -0.447.